The number of amides is 2. The lowest BCUT2D eigenvalue weighted by Gasteiger charge is -2.35. The smallest absolute Gasteiger partial charge is 0.238 e. The fourth-order valence-electron chi connectivity index (χ4n) is 3.83. The number of carbonyl (C=O) groups is 2. The number of para-hydroxylation sites is 1. The number of likely N-dealkylation sites (N-methyl/N-ethyl adjacent to an activating group) is 1. The van der Waals surface area contributed by atoms with Gasteiger partial charge in [-0.2, -0.15) is 0 Å². The van der Waals surface area contributed by atoms with E-state index in [9.17, 15) is 9.59 Å². The van der Waals surface area contributed by atoms with E-state index >= 15 is 0 Å². The highest BCUT2D eigenvalue weighted by atomic mass is 35.5. The van der Waals surface area contributed by atoms with E-state index in [1.807, 2.05) is 61.2 Å². The van der Waals surface area contributed by atoms with Gasteiger partial charge in [0.2, 0.25) is 11.8 Å². The fourth-order valence-corrected chi connectivity index (χ4v) is 3.95. The van der Waals surface area contributed by atoms with Crippen LogP contribution < -0.4 is 5.32 Å². The predicted molar refractivity (Wildman–Crippen MR) is 125 cm³/mol. The molecule has 1 fully saturated rings. The van der Waals surface area contributed by atoms with Gasteiger partial charge in [0.25, 0.3) is 0 Å². The van der Waals surface area contributed by atoms with Gasteiger partial charge in [0, 0.05) is 43.4 Å². The Morgan fingerprint density at radius 1 is 0.968 bits per heavy atom. The molecule has 31 heavy (non-hydrogen) atoms. The molecule has 0 spiro atoms. The third-order valence-electron chi connectivity index (χ3n) is 5.61. The predicted octanol–water partition coefficient (Wildman–Crippen LogP) is 3.17. The van der Waals surface area contributed by atoms with Gasteiger partial charge in [0.15, 0.2) is 0 Å². The summed E-state index contributed by atoms with van der Waals surface area (Å²) < 4.78 is 0. The van der Waals surface area contributed by atoms with Gasteiger partial charge in [-0.05, 0) is 49.7 Å². The summed E-state index contributed by atoms with van der Waals surface area (Å²) >= 11 is 5.95. The number of nitrogens with one attached hydrogen (secondary N) is 1. The molecule has 0 aromatic heterocycles. The van der Waals surface area contributed by atoms with Crippen molar-refractivity contribution < 1.29 is 9.59 Å². The van der Waals surface area contributed by atoms with Gasteiger partial charge in [0.1, 0.15) is 0 Å². The minimum atomic E-state index is -0.111. The van der Waals surface area contributed by atoms with Gasteiger partial charge in [-0.3, -0.25) is 19.4 Å². The van der Waals surface area contributed by atoms with Gasteiger partial charge in [-0.25, -0.2) is 0 Å². The summed E-state index contributed by atoms with van der Waals surface area (Å²) in [5, 5.41) is 3.72. The molecule has 0 atom stereocenters. The summed E-state index contributed by atoms with van der Waals surface area (Å²) in [6.45, 7) is 8.30. The molecule has 2 aromatic carbocycles. The summed E-state index contributed by atoms with van der Waals surface area (Å²) in [6, 6.07) is 13.8. The monoisotopic (exact) mass is 442 g/mol. The van der Waals surface area contributed by atoms with Crippen LogP contribution in [0.4, 0.5) is 5.69 Å². The molecule has 0 aliphatic carbocycles. The zero-order chi connectivity index (χ0) is 22.4. The van der Waals surface area contributed by atoms with E-state index in [2.05, 4.69) is 10.2 Å². The maximum atomic E-state index is 12.7. The zero-order valence-corrected chi connectivity index (χ0v) is 19.3. The molecule has 0 radical (unpaired) electrons. The normalized spacial score (nSPS) is 14.7. The molecule has 7 heteroatoms. The number of halogens is 1. The third kappa shape index (κ3) is 6.79. The van der Waals surface area contributed by atoms with Gasteiger partial charge in [-0.1, -0.05) is 41.9 Å². The van der Waals surface area contributed by atoms with Gasteiger partial charge < -0.3 is 10.2 Å². The van der Waals surface area contributed by atoms with Crippen molar-refractivity contribution in [3.63, 3.8) is 0 Å². The van der Waals surface area contributed by atoms with Crippen LogP contribution in [0.2, 0.25) is 5.02 Å². The number of piperazine rings is 1. The lowest BCUT2D eigenvalue weighted by molar-refractivity contribution is -0.134. The van der Waals surface area contributed by atoms with Crippen molar-refractivity contribution in [2.75, 3.05) is 51.6 Å². The van der Waals surface area contributed by atoms with Crippen molar-refractivity contribution in [1.29, 1.82) is 0 Å². The average Bonchev–Trinajstić information content (AvgIpc) is 2.73. The Morgan fingerprint density at radius 2 is 1.58 bits per heavy atom. The van der Waals surface area contributed by atoms with Gasteiger partial charge in [-0.15, -0.1) is 0 Å². The fraction of sp³-hybridized carbons (Fsp3) is 0.417. The minimum absolute atomic E-state index is 0.0634. The summed E-state index contributed by atoms with van der Waals surface area (Å²) in [4.78, 5) is 31.1. The number of hydrogen-bond acceptors (Lipinski definition) is 4. The Balaban J connectivity index is 1.41. The molecular weight excluding hydrogens is 412 g/mol. The molecule has 1 saturated heterocycles. The molecule has 2 aromatic rings. The average molecular weight is 443 g/mol. The quantitative estimate of drug-likeness (QED) is 0.715. The largest absolute Gasteiger partial charge is 0.339 e. The minimum Gasteiger partial charge on any atom is -0.339 e. The Hall–Kier alpha value is -2.41. The number of benzene rings is 2. The first-order chi connectivity index (χ1) is 14.8. The topological polar surface area (TPSA) is 55.9 Å². The lowest BCUT2D eigenvalue weighted by atomic mass is 10.1. The van der Waals surface area contributed by atoms with Crippen LogP contribution in [0, 0.1) is 13.8 Å². The van der Waals surface area contributed by atoms with Crippen molar-refractivity contribution in [2.45, 2.75) is 20.4 Å². The number of hydrogen-bond donors (Lipinski definition) is 1. The zero-order valence-electron chi connectivity index (χ0n) is 18.5. The molecule has 1 heterocycles. The van der Waals surface area contributed by atoms with Crippen molar-refractivity contribution in [2.24, 2.45) is 0 Å². The van der Waals surface area contributed by atoms with Crippen molar-refractivity contribution in [3.8, 4) is 0 Å². The molecule has 1 N–H and O–H groups in total. The van der Waals surface area contributed by atoms with E-state index < -0.39 is 0 Å². The molecule has 1 aliphatic rings. The molecule has 6 nitrogen and oxygen atoms in total. The summed E-state index contributed by atoms with van der Waals surface area (Å²) in [6.07, 6.45) is 0. The summed E-state index contributed by atoms with van der Waals surface area (Å²) in [5.74, 6) is -0.0472. The lowest BCUT2D eigenvalue weighted by Crippen LogP contribution is -2.51. The van der Waals surface area contributed by atoms with Crippen LogP contribution >= 0.6 is 11.6 Å². The number of anilines is 1. The second-order valence-electron chi connectivity index (χ2n) is 8.27. The van der Waals surface area contributed by atoms with E-state index in [4.69, 9.17) is 11.6 Å². The third-order valence-corrected chi connectivity index (χ3v) is 5.86. The first kappa shape index (κ1) is 23.3. The summed E-state index contributed by atoms with van der Waals surface area (Å²) in [5.41, 5.74) is 4.13. The molecular formula is C24H31ClN4O2. The van der Waals surface area contributed by atoms with E-state index in [-0.39, 0.29) is 24.9 Å². The van der Waals surface area contributed by atoms with Crippen LogP contribution in [0.5, 0.6) is 0 Å². The van der Waals surface area contributed by atoms with Crippen molar-refractivity contribution >= 4 is 29.1 Å². The first-order valence-electron chi connectivity index (χ1n) is 10.6. The molecule has 1 aliphatic heterocycles. The van der Waals surface area contributed by atoms with Crippen LogP contribution in [0.1, 0.15) is 16.7 Å². The van der Waals surface area contributed by atoms with Crippen LogP contribution in [0.15, 0.2) is 42.5 Å². The number of carbonyl (C=O) groups excluding carboxylic acids is 2. The Bertz CT molecular complexity index is 888. The number of aryl methyl sites for hydroxylation is 2. The molecule has 166 valence electrons. The Kier molecular flexibility index (Phi) is 8.07. The first-order valence-corrected chi connectivity index (χ1v) is 11.0. The maximum absolute atomic E-state index is 12.7. The van der Waals surface area contributed by atoms with Crippen LogP contribution in [-0.4, -0.2) is 72.8 Å². The van der Waals surface area contributed by atoms with Crippen LogP contribution in [0.25, 0.3) is 0 Å². The standard InChI is InChI=1S/C24H31ClN4O2/c1-18-5-4-6-19(2)24(18)26-22(30)16-27(3)17-23(31)29-13-11-28(12-14-29)15-20-7-9-21(25)10-8-20/h4-10H,11-17H2,1-3H3,(H,26,30). The molecule has 2 amide bonds. The highest BCUT2D eigenvalue weighted by Crippen LogP contribution is 2.19. The van der Waals surface area contributed by atoms with Crippen molar-refractivity contribution in [1.82, 2.24) is 14.7 Å². The molecule has 3 rings (SSSR count). The van der Waals surface area contributed by atoms with Gasteiger partial charge >= 0.3 is 0 Å². The second kappa shape index (κ2) is 10.8. The van der Waals surface area contributed by atoms with E-state index in [1.165, 1.54) is 5.56 Å². The number of rotatable bonds is 7. The van der Waals surface area contributed by atoms with Crippen LogP contribution in [-0.2, 0) is 16.1 Å². The van der Waals surface area contributed by atoms with E-state index in [0.29, 0.717) is 13.1 Å². The second-order valence-corrected chi connectivity index (χ2v) is 8.71. The highest BCUT2D eigenvalue weighted by molar-refractivity contribution is 6.30. The maximum Gasteiger partial charge on any atom is 0.238 e. The highest BCUT2D eigenvalue weighted by Gasteiger charge is 2.22. The van der Waals surface area contributed by atoms with Crippen LogP contribution in [0.3, 0.4) is 0 Å². The number of nitrogens with zero attached hydrogens (tertiary/aromatic N) is 3. The van der Waals surface area contributed by atoms with E-state index in [0.717, 1.165) is 41.5 Å². The summed E-state index contributed by atoms with van der Waals surface area (Å²) in [7, 11) is 1.80. The van der Waals surface area contributed by atoms with E-state index in [1.54, 1.807) is 11.9 Å². The van der Waals surface area contributed by atoms with Crippen molar-refractivity contribution in [3.05, 3.63) is 64.2 Å². The molecule has 0 saturated carbocycles. The molecule has 0 bridgehead atoms. The Morgan fingerprint density at radius 3 is 2.19 bits per heavy atom. The van der Waals surface area contributed by atoms with Gasteiger partial charge in [0.05, 0.1) is 13.1 Å². The Labute approximate surface area is 189 Å². The SMILES string of the molecule is Cc1cccc(C)c1NC(=O)CN(C)CC(=O)N1CCN(Cc2ccc(Cl)cc2)CC1. The molecule has 0 unspecified atom stereocenters.